The number of carbonyl (C=O) groups is 2. The van der Waals surface area contributed by atoms with Crippen LogP contribution >= 0.6 is 0 Å². The van der Waals surface area contributed by atoms with Crippen molar-refractivity contribution in [1.29, 1.82) is 0 Å². The average Bonchev–Trinajstić information content (AvgIpc) is 2.92. The lowest BCUT2D eigenvalue weighted by molar-refractivity contribution is -0.123. The standard InChI is InChI=1S/C30H30N4O2/c1-21(25-17-15-23-9-3-5-11-27(23)19-25)31-33-29(35)13-7-8-14-30(36)34-32-22(2)26-18-16-24-10-4-6-12-28(24)20-26/h3-6,9-12,15-20H,7-8,13-14H2,1-2H3,(H,33,35)(H,34,36)/b31-21+,32-22+. The summed E-state index contributed by atoms with van der Waals surface area (Å²) >= 11 is 0. The van der Waals surface area contributed by atoms with Gasteiger partial charge in [0.2, 0.25) is 11.8 Å². The molecule has 4 rings (SSSR count). The molecule has 6 heteroatoms. The van der Waals surface area contributed by atoms with Gasteiger partial charge in [0.05, 0.1) is 11.4 Å². The highest BCUT2D eigenvalue weighted by Gasteiger charge is 2.06. The molecule has 0 aliphatic heterocycles. The van der Waals surface area contributed by atoms with Crippen molar-refractivity contribution in [3.05, 3.63) is 96.1 Å². The number of nitrogens with one attached hydrogen (secondary N) is 2. The third-order valence-electron chi connectivity index (χ3n) is 6.09. The zero-order valence-corrected chi connectivity index (χ0v) is 20.6. The van der Waals surface area contributed by atoms with Crippen molar-refractivity contribution in [2.75, 3.05) is 0 Å². The van der Waals surface area contributed by atoms with Gasteiger partial charge in [0.1, 0.15) is 0 Å². The average molecular weight is 479 g/mol. The normalized spacial score (nSPS) is 12.1. The van der Waals surface area contributed by atoms with Crippen molar-refractivity contribution in [1.82, 2.24) is 10.9 Å². The van der Waals surface area contributed by atoms with Gasteiger partial charge >= 0.3 is 0 Å². The van der Waals surface area contributed by atoms with Crippen LogP contribution in [0, 0.1) is 0 Å². The minimum absolute atomic E-state index is 0.166. The van der Waals surface area contributed by atoms with Gasteiger partial charge < -0.3 is 0 Å². The smallest absolute Gasteiger partial charge is 0.240 e. The van der Waals surface area contributed by atoms with Gasteiger partial charge in [0, 0.05) is 12.8 Å². The lowest BCUT2D eigenvalue weighted by atomic mass is 10.0. The van der Waals surface area contributed by atoms with Crippen LogP contribution in [0.2, 0.25) is 0 Å². The molecule has 0 radical (unpaired) electrons. The molecule has 0 spiro atoms. The van der Waals surface area contributed by atoms with Gasteiger partial charge in [0.15, 0.2) is 0 Å². The maximum atomic E-state index is 12.2. The van der Waals surface area contributed by atoms with Crippen LogP contribution in [0.3, 0.4) is 0 Å². The Labute approximate surface area is 211 Å². The largest absolute Gasteiger partial charge is 0.273 e. The molecule has 2 N–H and O–H groups in total. The molecule has 2 amide bonds. The fraction of sp³-hybridized carbons (Fsp3) is 0.200. The minimum atomic E-state index is -0.166. The fourth-order valence-electron chi connectivity index (χ4n) is 3.93. The van der Waals surface area contributed by atoms with Crippen LogP contribution in [0.4, 0.5) is 0 Å². The Bertz CT molecular complexity index is 1340. The Hall–Kier alpha value is -4.32. The molecule has 0 heterocycles. The molecule has 0 atom stereocenters. The molecule has 0 aliphatic rings. The third kappa shape index (κ3) is 6.63. The van der Waals surface area contributed by atoms with E-state index in [0.29, 0.717) is 25.7 Å². The number of unbranched alkanes of at least 4 members (excludes halogenated alkanes) is 1. The molecule has 4 aromatic carbocycles. The van der Waals surface area contributed by atoms with E-state index >= 15 is 0 Å². The number of fused-ring (bicyclic) bond motifs is 2. The van der Waals surface area contributed by atoms with Crippen LogP contribution in [-0.2, 0) is 9.59 Å². The number of hydrogen-bond acceptors (Lipinski definition) is 4. The topological polar surface area (TPSA) is 82.9 Å². The SMILES string of the molecule is C/C(=N\NC(=O)CCCCC(=O)N/N=C(\C)c1ccc2ccccc2c1)c1ccc2ccccc2c1. The van der Waals surface area contributed by atoms with Crippen LogP contribution in [0.25, 0.3) is 21.5 Å². The molecule has 182 valence electrons. The molecule has 0 saturated carbocycles. The van der Waals surface area contributed by atoms with Gasteiger partial charge in [-0.25, -0.2) is 10.9 Å². The first-order chi connectivity index (χ1) is 17.5. The van der Waals surface area contributed by atoms with Gasteiger partial charge in [-0.3, -0.25) is 9.59 Å². The Morgan fingerprint density at radius 2 is 0.972 bits per heavy atom. The highest BCUT2D eigenvalue weighted by Crippen LogP contribution is 2.17. The van der Waals surface area contributed by atoms with E-state index in [9.17, 15) is 9.59 Å². The predicted molar refractivity (Wildman–Crippen MR) is 147 cm³/mol. The number of hydrazone groups is 2. The summed E-state index contributed by atoms with van der Waals surface area (Å²) in [6.45, 7) is 3.74. The number of amides is 2. The molecule has 0 aromatic heterocycles. The Balaban J connectivity index is 1.18. The first kappa shape index (κ1) is 24.8. The van der Waals surface area contributed by atoms with Crippen molar-refractivity contribution in [2.45, 2.75) is 39.5 Å². The second-order valence-electron chi connectivity index (χ2n) is 8.80. The molecular weight excluding hydrogens is 448 g/mol. The summed E-state index contributed by atoms with van der Waals surface area (Å²) < 4.78 is 0. The zero-order chi connectivity index (χ0) is 25.3. The van der Waals surface area contributed by atoms with E-state index in [1.54, 1.807) is 0 Å². The highest BCUT2D eigenvalue weighted by molar-refractivity contribution is 6.03. The van der Waals surface area contributed by atoms with E-state index < -0.39 is 0 Å². The van der Waals surface area contributed by atoms with Crippen molar-refractivity contribution in [2.24, 2.45) is 10.2 Å². The Morgan fingerprint density at radius 1 is 0.583 bits per heavy atom. The number of carbonyl (C=O) groups excluding carboxylic acids is 2. The number of nitrogens with zero attached hydrogens (tertiary/aromatic N) is 2. The maximum absolute atomic E-state index is 12.2. The van der Waals surface area contributed by atoms with Crippen molar-refractivity contribution in [3.63, 3.8) is 0 Å². The number of rotatable bonds is 9. The van der Waals surface area contributed by atoms with E-state index in [4.69, 9.17) is 0 Å². The van der Waals surface area contributed by atoms with Crippen LogP contribution in [-0.4, -0.2) is 23.2 Å². The number of benzene rings is 4. The molecule has 0 aliphatic carbocycles. The van der Waals surface area contributed by atoms with Crippen molar-refractivity contribution < 1.29 is 9.59 Å². The van der Waals surface area contributed by atoms with E-state index in [1.165, 1.54) is 0 Å². The quantitative estimate of drug-likeness (QED) is 0.177. The first-order valence-corrected chi connectivity index (χ1v) is 12.1. The van der Waals surface area contributed by atoms with Gasteiger partial charge in [0.25, 0.3) is 0 Å². The Kier molecular flexibility index (Phi) is 8.19. The molecule has 6 nitrogen and oxygen atoms in total. The predicted octanol–water partition coefficient (Wildman–Crippen LogP) is 5.93. The van der Waals surface area contributed by atoms with Crippen LogP contribution in [0.1, 0.15) is 50.7 Å². The van der Waals surface area contributed by atoms with Crippen molar-refractivity contribution >= 4 is 44.8 Å². The number of hydrogen-bond donors (Lipinski definition) is 2. The maximum Gasteiger partial charge on any atom is 0.240 e. The molecular formula is C30H30N4O2. The van der Waals surface area contributed by atoms with E-state index in [-0.39, 0.29) is 11.8 Å². The highest BCUT2D eigenvalue weighted by atomic mass is 16.2. The fourth-order valence-corrected chi connectivity index (χ4v) is 3.93. The van der Waals surface area contributed by atoms with Gasteiger partial charge in [-0.15, -0.1) is 0 Å². The van der Waals surface area contributed by atoms with Gasteiger partial charge in [-0.05, 0) is 71.5 Å². The molecule has 0 bridgehead atoms. The minimum Gasteiger partial charge on any atom is -0.273 e. The molecule has 0 fully saturated rings. The second kappa shape index (κ2) is 11.9. The van der Waals surface area contributed by atoms with Gasteiger partial charge in [-0.2, -0.15) is 10.2 Å². The van der Waals surface area contributed by atoms with Gasteiger partial charge in [-0.1, -0.05) is 72.8 Å². The van der Waals surface area contributed by atoms with Crippen molar-refractivity contribution in [3.8, 4) is 0 Å². The monoisotopic (exact) mass is 478 g/mol. The Morgan fingerprint density at radius 3 is 1.39 bits per heavy atom. The van der Waals surface area contributed by atoms with E-state index in [1.807, 2.05) is 62.4 Å². The van der Waals surface area contributed by atoms with Crippen LogP contribution in [0.15, 0.2) is 95.1 Å². The molecule has 4 aromatic rings. The molecule has 0 saturated heterocycles. The summed E-state index contributed by atoms with van der Waals surface area (Å²) in [5.41, 5.74) is 8.64. The van der Waals surface area contributed by atoms with Crippen LogP contribution < -0.4 is 10.9 Å². The van der Waals surface area contributed by atoms with Crippen LogP contribution in [0.5, 0.6) is 0 Å². The molecule has 0 unspecified atom stereocenters. The summed E-state index contributed by atoms with van der Waals surface area (Å²) in [5.74, 6) is -0.332. The lowest BCUT2D eigenvalue weighted by Gasteiger charge is -2.06. The second-order valence-corrected chi connectivity index (χ2v) is 8.80. The summed E-state index contributed by atoms with van der Waals surface area (Å²) in [5, 5.41) is 13.1. The summed E-state index contributed by atoms with van der Waals surface area (Å²) in [7, 11) is 0. The van der Waals surface area contributed by atoms with E-state index in [0.717, 1.165) is 44.1 Å². The lowest BCUT2D eigenvalue weighted by Crippen LogP contribution is -2.20. The zero-order valence-electron chi connectivity index (χ0n) is 20.6. The first-order valence-electron chi connectivity index (χ1n) is 12.1. The third-order valence-corrected chi connectivity index (χ3v) is 6.09. The summed E-state index contributed by atoms with van der Waals surface area (Å²) in [6.07, 6.45) is 1.80. The molecule has 36 heavy (non-hydrogen) atoms. The summed E-state index contributed by atoms with van der Waals surface area (Å²) in [4.78, 5) is 24.3. The summed E-state index contributed by atoms with van der Waals surface area (Å²) in [6, 6.07) is 28.4. The van der Waals surface area contributed by atoms with E-state index in [2.05, 4.69) is 57.5 Å².